The third-order valence-electron chi connectivity index (χ3n) is 2.98. The van der Waals surface area contributed by atoms with Gasteiger partial charge in [-0.2, -0.15) is 0 Å². The lowest BCUT2D eigenvalue weighted by molar-refractivity contribution is 0.0958. The van der Waals surface area contributed by atoms with E-state index in [1.54, 1.807) is 24.5 Å². The van der Waals surface area contributed by atoms with E-state index in [0.717, 1.165) is 17.0 Å². The molecule has 1 heterocycles. The van der Waals surface area contributed by atoms with Crippen LogP contribution in [0.4, 0.5) is 5.69 Å². The van der Waals surface area contributed by atoms with Gasteiger partial charge in [0.15, 0.2) is 0 Å². The van der Waals surface area contributed by atoms with Gasteiger partial charge in [-0.05, 0) is 42.8 Å². The largest absolute Gasteiger partial charge is 0.467 e. The minimum atomic E-state index is -0.0988. The van der Waals surface area contributed by atoms with Crippen molar-refractivity contribution in [2.75, 3.05) is 11.9 Å². The molecule has 0 aliphatic carbocycles. The Bertz CT molecular complexity index is 585. The smallest absolute Gasteiger partial charge is 0.251 e. The van der Waals surface area contributed by atoms with E-state index in [1.165, 1.54) is 0 Å². The molecule has 0 fully saturated rings. The number of anilines is 1. The lowest BCUT2D eigenvalue weighted by atomic mass is 10.2. The molecule has 20 heavy (non-hydrogen) atoms. The molecule has 1 amide bonds. The summed E-state index contributed by atoms with van der Waals surface area (Å²) in [4.78, 5) is 11.7. The van der Waals surface area contributed by atoms with E-state index in [4.69, 9.17) is 4.42 Å². The first-order valence-corrected chi connectivity index (χ1v) is 6.46. The Morgan fingerprint density at radius 1 is 1.30 bits per heavy atom. The average molecular weight is 270 g/mol. The number of furan rings is 1. The molecule has 4 nitrogen and oxygen atoms in total. The van der Waals surface area contributed by atoms with E-state index in [-0.39, 0.29) is 5.91 Å². The Hall–Kier alpha value is -2.49. The van der Waals surface area contributed by atoms with Crippen LogP contribution in [0.5, 0.6) is 0 Å². The SMILES string of the molecule is C=CCNC(=O)c1ccc(NCc2occc2C)cc1. The zero-order valence-electron chi connectivity index (χ0n) is 11.5. The summed E-state index contributed by atoms with van der Waals surface area (Å²) < 4.78 is 5.36. The van der Waals surface area contributed by atoms with Crippen LogP contribution in [-0.4, -0.2) is 12.5 Å². The zero-order chi connectivity index (χ0) is 14.4. The molecule has 1 aromatic heterocycles. The monoisotopic (exact) mass is 270 g/mol. The fraction of sp³-hybridized carbons (Fsp3) is 0.188. The standard InChI is InChI=1S/C16H18N2O2/c1-3-9-17-16(19)13-4-6-14(7-5-13)18-11-15-12(2)8-10-20-15/h3-8,10,18H,1,9,11H2,2H3,(H,17,19). The third-order valence-corrected chi connectivity index (χ3v) is 2.98. The molecule has 0 unspecified atom stereocenters. The molecule has 0 saturated carbocycles. The van der Waals surface area contributed by atoms with Crippen molar-refractivity contribution in [1.29, 1.82) is 0 Å². The number of carbonyl (C=O) groups is 1. The summed E-state index contributed by atoms with van der Waals surface area (Å²) in [5, 5.41) is 5.99. The Kier molecular flexibility index (Phi) is 4.60. The van der Waals surface area contributed by atoms with Gasteiger partial charge in [-0.3, -0.25) is 4.79 Å². The van der Waals surface area contributed by atoms with Crippen molar-refractivity contribution in [3.8, 4) is 0 Å². The van der Waals surface area contributed by atoms with Crippen molar-refractivity contribution in [3.05, 3.63) is 66.1 Å². The van der Waals surface area contributed by atoms with Crippen LogP contribution in [0.3, 0.4) is 0 Å². The fourth-order valence-electron chi connectivity index (χ4n) is 1.77. The van der Waals surface area contributed by atoms with Crippen molar-refractivity contribution < 1.29 is 9.21 Å². The first-order chi connectivity index (χ1) is 9.70. The number of benzene rings is 1. The van der Waals surface area contributed by atoms with Gasteiger partial charge in [-0.1, -0.05) is 6.08 Å². The number of rotatable bonds is 6. The second-order valence-corrected chi connectivity index (χ2v) is 4.46. The summed E-state index contributed by atoms with van der Waals surface area (Å²) in [6, 6.07) is 9.26. The van der Waals surface area contributed by atoms with Gasteiger partial charge in [0, 0.05) is 17.8 Å². The maximum absolute atomic E-state index is 11.7. The van der Waals surface area contributed by atoms with Crippen LogP contribution in [0, 0.1) is 6.92 Å². The van der Waals surface area contributed by atoms with Crippen LogP contribution in [0.15, 0.2) is 53.7 Å². The van der Waals surface area contributed by atoms with Crippen molar-refractivity contribution in [2.24, 2.45) is 0 Å². The first-order valence-electron chi connectivity index (χ1n) is 6.46. The second-order valence-electron chi connectivity index (χ2n) is 4.46. The molecular weight excluding hydrogens is 252 g/mol. The number of hydrogen-bond donors (Lipinski definition) is 2. The van der Waals surface area contributed by atoms with E-state index in [0.29, 0.717) is 18.7 Å². The molecule has 0 radical (unpaired) electrons. The minimum absolute atomic E-state index is 0.0988. The van der Waals surface area contributed by atoms with Gasteiger partial charge in [-0.25, -0.2) is 0 Å². The summed E-state index contributed by atoms with van der Waals surface area (Å²) in [6.07, 6.45) is 3.33. The van der Waals surface area contributed by atoms with Gasteiger partial charge < -0.3 is 15.1 Å². The van der Waals surface area contributed by atoms with E-state index in [9.17, 15) is 4.79 Å². The molecule has 0 aliphatic rings. The summed E-state index contributed by atoms with van der Waals surface area (Å²) in [7, 11) is 0. The minimum Gasteiger partial charge on any atom is -0.467 e. The maximum atomic E-state index is 11.7. The summed E-state index contributed by atoms with van der Waals surface area (Å²) in [5.41, 5.74) is 2.70. The molecule has 0 saturated heterocycles. The average Bonchev–Trinajstić information content (AvgIpc) is 2.88. The molecule has 2 N–H and O–H groups in total. The van der Waals surface area contributed by atoms with E-state index in [2.05, 4.69) is 17.2 Å². The van der Waals surface area contributed by atoms with Crippen LogP contribution in [-0.2, 0) is 6.54 Å². The van der Waals surface area contributed by atoms with E-state index >= 15 is 0 Å². The number of hydrogen-bond acceptors (Lipinski definition) is 3. The molecule has 104 valence electrons. The Balaban J connectivity index is 1.93. The fourth-order valence-corrected chi connectivity index (χ4v) is 1.77. The molecule has 0 aliphatic heterocycles. The van der Waals surface area contributed by atoms with E-state index in [1.807, 2.05) is 25.1 Å². The van der Waals surface area contributed by atoms with Crippen molar-refractivity contribution >= 4 is 11.6 Å². The number of aryl methyl sites for hydroxylation is 1. The predicted octanol–water partition coefficient (Wildman–Crippen LogP) is 3.12. The van der Waals surface area contributed by atoms with Crippen molar-refractivity contribution in [3.63, 3.8) is 0 Å². The number of nitrogens with one attached hydrogen (secondary N) is 2. The molecule has 0 atom stereocenters. The van der Waals surface area contributed by atoms with Crippen LogP contribution >= 0.6 is 0 Å². The summed E-state index contributed by atoms with van der Waals surface area (Å²) in [5.74, 6) is 0.816. The molecule has 0 spiro atoms. The number of amides is 1. The summed E-state index contributed by atoms with van der Waals surface area (Å²) in [6.45, 7) is 6.66. The maximum Gasteiger partial charge on any atom is 0.251 e. The highest BCUT2D eigenvalue weighted by atomic mass is 16.3. The van der Waals surface area contributed by atoms with Gasteiger partial charge in [-0.15, -0.1) is 6.58 Å². The van der Waals surface area contributed by atoms with Gasteiger partial charge in [0.25, 0.3) is 5.91 Å². The molecule has 2 rings (SSSR count). The van der Waals surface area contributed by atoms with Crippen LogP contribution in [0.1, 0.15) is 21.7 Å². The van der Waals surface area contributed by atoms with Crippen LogP contribution in [0.2, 0.25) is 0 Å². The molecule has 2 aromatic rings. The quantitative estimate of drug-likeness (QED) is 0.793. The lowest BCUT2D eigenvalue weighted by Gasteiger charge is -2.07. The molecular formula is C16H18N2O2. The van der Waals surface area contributed by atoms with Crippen molar-refractivity contribution in [2.45, 2.75) is 13.5 Å². The topological polar surface area (TPSA) is 54.3 Å². The normalized spacial score (nSPS) is 10.1. The highest BCUT2D eigenvalue weighted by Gasteiger charge is 2.04. The van der Waals surface area contributed by atoms with Crippen molar-refractivity contribution in [1.82, 2.24) is 5.32 Å². The van der Waals surface area contributed by atoms with Crippen LogP contribution in [0.25, 0.3) is 0 Å². The van der Waals surface area contributed by atoms with Gasteiger partial charge in [0.05, 0.1) is 12.8 Å². The zero-order valence-corrected chi connectivity index (χ0v) is 11.5. The Labute approximate surface area is 118 Å². The highest BCUT2D eigenvalue weighted by molar-refractivity contribution is 5.94. The molecule has 4 heteroatoms. The first kappa shape index (κ1) is 13.9. The highest BCUT2D eigenvalue weighted by Crippen LogP contribution is 2.14. The van der Waals surface area contributed by atoms with Gasteiger partial charge in [0.1, 0.15) is 5.76 Å². The number of carbonyl (C=O) groups excluding carboxylic acids is 1. The predicted molar refractivity (Wildman–Crippen MR) is 79.7 cm³/mol. The molecule has 0 bridgehead atoms. The van der Waals surface area contributed by atoms with Gasteiger partial charge >= 0.3 is 0 Å². The Morgan fingerprint density at radius 2 is 2.05 bits per heavy atom. The summed E-state index contributed by atoms with van der Waals surface area (Å²) >= 11 is 0. The molecule has 1 aromatic carbocycles. The second kappa shape index (κ2) is 6.61. The van der Waals surface area contributed by atoms with Gasteiger partial charge in [0.2, 0.25) is 0 Å². The van der Waals surface area contributed by atoms with Crippen LogP contribution < -0.4 is 10.6 Å². The van der Waals surface area contributed by atoms with E-state index < -0.39 is 0 Å². The Morgan fingerprint density at radius 3 is 2.65 bits per heavy atom. The third kappa shape index (κ3) is 3.51. The lowest BCUT2D eigenvalue weighted by Crippen LogP contribution is -2.23.